The van der Waals surface area contributed by atoms with Crippen LogP contribution in [0.3, 0.4) is 0 Å². The number of benzene rings is 1. The van der Waals surface area contributed by atoms with Crippen LogP contribution in [0.15, 0.2) is 29.1 Å². The molecular formula is C19H20FN3O2S2. The smallest absolute Gasteiger partial charge is 0.259 e. The highest BCUT2D eigenvalue weighted by molar-refractivity contribution is 7.99. The monoisotopic (exact) mass is 405 g/mol. The zero-order valence-electron chi connectivity index (χ0n) is 15.3. The van der Waals surface area contributed by atoms with Crippen LogP contribution in [0.25, 0.3) is 10.2 Å². The number of nitrogens with one attached hydrogen (secondary N) is 2. The van der Waals surface area contributed by atoms with Gasteiger partial charge in [-0.3, -0.25) is 9.59 Å². The molecule has 0 radical (unpaired) electrons. The Bertz CT molecular complexity index is 1050. The number of amides is 1. The van der Waals surface area contributed by atoms with Crippen LogP contribution in [0, 0.1) is 19.7 Å². The van der Waals surface area contributed by atoms with Gasteiger partial charge in [0.25, 0.3) is 5.56 Å². The highest BCUT2D eigenvalue weighted by Gasteiger charge is 2.16. The van der Waals surface area contributed by atoms with Gasteiger partial charge in [0.05, 0.1) is 16.4 Å². The van der Waals surface area contributed by atoms with E-state index in [9.17, 15) is 14.0 Å². The normalized spacial score (nSPS) is 12.3. The Balaban J connectivity index is 1.61. The zero-order chi connectivity index (χ0) is 19.6. The van der Waals surface area contributed by atoms with E-state index in [0.717, 1.165) is 15.3 Å². The van der Waals surface area contributed by atoms with Crippen LogP contribution in [-0.4, -0.2) is 21.1 Å². The maximum absolute atomic E-state index is 13.6. The number of H-pyrrole nitrogens is 1. The van der Waals surface area contributed by atoms with Gasteiger partial charge in [-0.25, -0.2) is 9.37 Å². The van der Waals surface area contributed by atoms with Crippen molar-refractivity contribution in [2.75, 3.05) is 0 Å². The number of carbonyl (C=O) groups excluding carboxylic acids is 1. The van der Waals surface area contributed by atoms with E-state index in [4.69, 9.17) is 0 Å². The number of rotatable bonds is 6. The van der Waals surface area contributed by atoms with Gasteiger partial charge in [0, 0.05) is 17.0 Å². The summed E-state index contributed by atoms with van der Waals surface area (Å²) in [5.74, 6) is 0.437. The number of hydrogen-bond donors (Lipinski definition) is 2. The number of thioether (sulfide) groups is 1. The second-order valence-corrected chi connectivity index (χ2v) is 8.77. The van der Waals surface area contributed by atoms with Crippen molar-refractivity contribution >= 4 is 39.2 Å². The van der Waals surface area contributed by atoms with E-state index >= 15 is 0 Å². The average molecular weight is 406 g/mol. The number of halogens is 1. The van der Waals surface area contributed by atoms with Crippen molar-refractivity contribution in [3.63, 3.8) is 0 Å². The molecule has 5 nitrogen and oxygen atoms in total. The first-order valence-corrected chi connectivity index (χ1v) is 10.3. The Morgan fingerprint density at radius 3 is 2.85 bits per heavy atom. The molecule has 27 heavy (non-hydrogen) atoms. The summed E-state index contributed by atoms with van der Waals surface area (Å²) in [4.78, 5) is 33.6. The summed E-state index contributed by atoms with van der Waals surface area (Å²) in [7, 11) is 0. The molecule has 0 saturated heterocycles. The average Bonchev–Trinajstić information content (AvgIpc) is 2.93. The van der Waals surface area contributed by atoms with Crippen molar-refractivity contribution in [2.24, 2.45) is 0 Å². The number of nitrogens with zero attached hydrogens (tertiary/aromatic N) is 1. The SMILES string of the molecule is Cc1sc2nc(CS[C@H](C)C(=O)NCc3ccccc3F)[nH]c(=O)c2c1C. The molecule has 1 amide bonds. The van der Waals surface area contributed by atoms with Crippen LogP contribution in [0.4, 0.5) is 4.39 Å². The zero-order valence-corrected chi connectivity index (χ0v) is 16.9. The topological polar surface area (TPSA) is 74.8 Å². The lowest BCUT2D eigenvalue weighted by Crippen LogP contribution is -2.30. The van der Waals surface area contributed by atoms with Gasteiger partial charge in [0.15, 0.2) is 0 Å². The molecular weight excluding hydrogens is 385 g/mol. The van der Waals surface area contributed by atoms with Crippen LogP contribution >= 0.6 is 23.1 Å². The van der Waals surface area contributed by atoms with E-state index in [1.807, 2.05) is 13.8 Å². The predicted molar refractivity (Wildman–Crippen MR) is 109 cm³/mol. The van der Waals surface area contributed by atoms with Gasteiger partial charge in [0.2, 0.25) is 5.91 Å². The van der Waals surface area contributed by atoms with Gasteiger partial charge in [-0.2, -0.15) is 0 Å². The second kappa shape index (κ2) is 8.22. The van der Waals surface area contributed by atoms with Gasteiger partial charge in [0.1, 0.15) is 16.5 Å². The van der Waals surface area contributed by atoms with Gasteiger partial charge < -0.3 is 10.3 Å². The van der Waals surface area contributed by atoms with Crippen LogP contribution in [0.5, 0.6) is 0 Å². The van der Waals surface area contributed by atoms with Gasteiger partial charge in [-0.1, -0.05) is 18.2 Å². The molecule has 2 N–H and O–H groups in total. The maximum Gasteiger partial charge on any atom is 0.259 e. The minimum absolute atomic E-state index is 0.144. The largest absolute Gasteiger partial charge is 0.351 e. The van der Waals surface area contributed by atoms with Crippen molar-refractivity contribution in [1.82, 2.24) is 15.3 Å². The van der Waals surface area contributed by atoms with Crippen molar-refractivity contribution in [3.05, 3.63) is 62.3 Å². The number of thiophene rings is 1. The number of aromatic nitrogens is 2. The number of fused-ring (bicyclic) bond motifs is 1. The molecule has 142 valence electrons. The first kappa shape index (κ1) is 19.6. The van der Waals surface area contributed by atoms with E-state index in [0.29, 0.717) is 22.5 Å². The van der Waals surface area contributed by atoms with E-state index in [2.05, 4.69) is 15.3 Å². The lowest BCUT2D eigenvalue weighted by atomic mass is 10.2. The highest BCUT2D eigenvalue weighted by Crippen LogP contribution is 2.26. The Morgan fingerprint density at radius 2 is 2.11 bits per heavy atom. The van der Waals surface area contributed by atoms with E-state index < -0.39 is 0 Å². The van der Waals surface area contributed by atoms with Crippen molar-refractivity contribution < 1.29 is 9.18 Å². The quantitative estimate of drug-likeness (QED) is 0.656. The lowest BCUT2D eigenvalue weighted by Gasteiger charge is -2.12. The summed E-state index contributed by atoms with van der Waals surface area (Å²) in [6, 6.07) is 6.35. The Hall–Kier alpha value is -2.19. The van der Waals surface area contributed by atoms with Crippen LogP contribution < -0.4 is 10.9 Å². The highest BCUT2D eigenvalue weighted by atomic mass is 32.2. The Labute approximate surface area is 164 Å². The number of aromatic amines is 1. The Kier molecular flexibility index (Phi) is 5.96. The summed E-state index contributed by atoms with van der Waals surface area (Å²) in [6.07, 6.45) is 0. The fraction of sp³-hybridized carbons (Fsp3) is 0.316. The molecule has 1 aromatic carbocycles. The summed E-state index contributed by atoms with van der Waals surface area (Å²) in [6.45, 7) is 5.81. The predicted octanol–water partition coefficient (Wildman–Crippen LogP) is 3.68. The molecule has 1 atom stereocenters. The third-order valence-corrected chi connectivity index (χ3v) is 6.59. The van der Waals surface area contributed by atoms with E-state index in [-0.39, 0.29) is 29.1 Å². The second-order valence-electron chi connectivity index (χ2n) is 6.24. The Morgan fingerprint density at radius 1 is 1.37 bits per heavy atom. The summed E-state index contributed by atoms with van der Waals surface area (Å²) in [5.41, 5.74) is 1.26. The number of hydrogen-bond acceptors (Lipinski definition) is 5. The fourth-order valence-corrected chi connectivity index (χ4v) is 4.44. The lowest BCUT2D eigenvalue weighted by molar-refractivity contribution is -0.120. The van der Waals surface area contributed by atoms with E-state index in [1.54, 1.807) is 25.1 Å². The molecule has 3 aromatic rings. The molecule has 3 rings (SSSR count). The standard InChI is InChI=1S/C19H20FN3O2S2/c1-10-11(2)27-19-16(10)18(25)22-15(23-19)9-26-12(3)17(24)21-8-13-6-4-5-7-14(13)20/h4-7,12H,8-9H2,1-3H3,(H,21,24)(H,22,23,25)/t12-/m1/s1. The number of aryl methyl sites for hydroxylation is 2. The molecule has 0 saturated carbocycles. The molecule has 2 heterocycles. The third-order valence-electron chi connectivity index (χ3n) is 4.34. The summed E-state index contributed by atoms with van der Waals surface area (Å²) >= 11 is 2.87. The molecule has 0 bridgehead atoms. The van der Waals surface area contributed by atoms with Crippen LogP contribution in [0.2, 0.25) is 0 Å². The molecule has 0 aliphatic carbocycles. The molecule has 0 aliphatic heterocycles. The first-order valence-electron chi connectivity index (χ1n) is 8.48. The van der Waals surface area contributed by atoms with Crippen molar-refractivity contribution in [3.8, 4) is 0 Å². The van der Waals surface area contributed by atoms with Gasteiger partial charge in [-0.15, -0.1) is 23.1 Å². The van der Waals surface area contributed by atoms with Crippen LogP contribution in [0.1, 0.15) is 28.8 Å². The van der Waals surface area contributed by atoms with Crippen molar-refractivity contribution in [2.45, 2.75) is 38.3 Å². The summed E-state index contributed by atoms with van der Waals surface area (Å²) < 4.78 is 13.6. The summed E-state index contributed by atoms with van der Waals surface area (Å²) in [5, 5.41) is 3.02. The molecule has 8 heteroatoms. The first-order chi connectivity index (χ1) is 12.9. The van der Waals surface area contributed by atoms with E-state index in [1.165, 1.54) is 29.2 Å². The minimum Gasteiger partial charge on any atom is -0.351 e. The third kappa shape index (κ3) is 4.39. The maximum atomic E-state index is 13.6. The molecule has 2 aromatic heterocycles. The van der Waals surface area contributed by atoms with Gasteiger partial charge >= 0.3 is 0 Å². The molecule has 0 fully saturated rings. The molecule has 0 unspecified atom stereocenters. The fourth-order valence-electron chi connectivity index (χ4n) is 2.62. The number of carbonyl (C=O) groups is 1. The minimum atomic E-state index is -0.357. The molecule has 0 spiro atoms. The molecule has 0 aliphatic rings. The van der Waals surface area contributed by atoms with Crippen LogP contribution in [-0.2, 0) is 17.1 Å². The van der Waals surface area contributed by atoms with Crippen molar-refractivity contribution in [1.29, 1.82) is 0 Å². The van der Waals surface area contributed by atoms with Gasteiger partial charge in [-0.05, 0) is 32.4 Å².